The van der Waals surface area contributed by atoms with Crippen LogP contribution in [0.4, 0.5) is 17.6 Å². The molecule has 162 valence electrons. The summed E-state index contributed by atoms with van der Waals surface area (Å²) in [6.45, 7) is -0.345. The molecule has 0 amide bonds. The lowest BCUT2D eigenvalue weighted by molar-refractivity contribution is -0.137. The molecule has 0 bridgehead atoms. The zero-order valence-electron chi connectivity index (χ0n) is 16.5. The summed E-state index contributed by atoms with van der Waals surface area (Å²) >= 11 is 0. The molecule has 4 rings (SSSR count). The number of carbonyl (C=O) groups excluding carboxylic acids is 1. The van der Waals surface area contributed by atoms with Crippen molar-refractivity contribution >= 4 is 5.97 Å². The maximum atomic E-state index is 13.4. The van der Waals surface area contributed by atoms with E-state index in [1.54, 1.807) is 24.3 Å². The van der Waals surface area contributed by atoms with Gasteiger partial charge in [0.1, 0.15) is 23.7 Å². The molecule has 0 saturated carbocycles. The van der Waals surface area contributed by atoms with Crippen LogP contribution in [0, 0.1) is 5.82 Å². The van der Waals surface area contributed by atoms with E-state index in [4.69, 9.17) is 4.74 Å². The summed E-state index contributed by atoms with van der Waals surface area (Å²) in [5.41, 5.74) is 0.928. The lowest BCUT2D eigenvalue weighted by Crippen LogP contribution is -2.08. The third kappa shape index (κ3) is 4.69. The minimum absolute atomic E-state index is 0.104. The van der Waals surface area contributed by atoms with Crippen molar-refractivity contribution in [2.45, 2.75) is 12.8 Å². The third-order valence-corrected chi connectivity index (χ3v) is 4.70. The molecule has 32 heavy (non-hydrogen) atoms. The monoisotopic (exact) mass is 440 g/mol. The largest absolute Gasteiger partial charge is 0.457 e. The molecule has 4 nitrogen and oxygen atoms in total. The number of aromatic nitrogens is 2. The Kier molecular flexibility index (Phi) is 5.77. The molecule has 0 atom stereocenters. The lowest BCUT2D eigenvalue weighted by atomic mass is 10.1. The minimum atomic E-state index is -4.49. The van der Waals surface area contributed by atoms with Crippen LogP contribution < -0.4 is 0 Å². The second kappa shape index (κ2) is 8.66. The number of carbonyl (C=O) groups is 1. The highest BCUT2D eigenvalue weighted by Crippen LogP contribution is 2.30. The van der Waals surface area contributed by atoms with Gasteiger partial charge in [0.25, 0.3) is 0 Å². The van der Waals surface area contributed by atoms with E-state index in [1.807, 2.05) is 6.07 Å². The number of alkyl halides is 3. The topological polar surface area (TPSA) is 44.1 Å². The Balaban J connectivity index is 1.63. The molecule has 1 aromatic heterocycles. The fraction of sp³-hybridized carbons (Fsp3) is 0.0833. The van der Waals surface area contributed by atoms with Crippen molar-refractivity contribution in [2.24, 2.45) is 0 Å². The molecule has 0 aliphatic carbocycles. The molecular weight excluding hydrogens is 424 g/mol. The van der Waals surface area contributed by atoms with E-state index in [9.17, 15) is 22.4 Å². The molecule has 0 aliphatic rings. The second-order valence-electron chi connectivity index (χ2n) is 6.95. The average Bonchev–Trinajstić information content (AvgIpc) is 3.24. The Labute approximate surface area is 180 Å². The Morgan fingerprint density at radius 3 is 2.34 bits per heavy atom. The third-order valence-electron chi connectivity index (χ3n) is 4.70. The number of hydrogen-bond acceptors (Lipinski definition) is 3. The second-order valence-corrected chi connectivity index (χ2v) is 6.95. The maximum absolute atomic E-state index is 13.4. The van der Waals surface area contributed by atoms with E-state index < -0.39 is 23.5 Å². The summed E-state index contributed by atoms with van der Waals surface area (Å²) in [4.78, 5) is 12.8. The number of halogens is 4. The molecule has 0 fully saturated rings. The van der Waals surface area contributed by atoms with Crippen molar-refractivity contribution < 1.29 is 27.1 Å². The van der Waals surface area contributed by atoms with Crippen molar-refractivity contribution in [1.82, 2.24) is 9.78 Å². The van der Waals surface area contributed by atoms with Gasteiger partial charge >= 0.3 is 12.1 Å². The number of rotatable bonds is 5. The fourth-order valence-corrected chi connectivity index (χ4v) is 3.12. The van der Waals surface area contributed by atoms with E-state index >= 15 is 0 Å². The van der Waals surface area contributed by atoms with Crippen molar-refractivity contribution in [3.63, 3.8) is 0 Å². The van der Waals surface area contributed by atoms with Gasteiger partial charge in [0.05, 0.1) is 11.3 Å². The molecule has 0 spiro atoms. The van der Waals surface area contributed by atoms with Crippen LogP contribution in [0.5, 0.6) is 0 Å². The average molecular weight is 440 g/mol. The molecule has 4 aromatic rings. The Hall–Kier alpha value is -3.94. The normalized spacial score (nSPS) is 11.4. The molecule has 0 radical (unpaired) electrons. The Morgan fingerprint density at radius 2 is 1.66 bits per heavy atom. The summed E-state index contributed by atoms with van der Waals surface area (Å²) in [6.07, 6.45) is -3.02. The maximum Gasteiger partial charge on any atom is 0.416 e. The number of benzene rings is 3. The van der Waals surface area contributed by atoms with Crippen molar-refractivity contribution in [2.75, 3.05) is 0 Å². The van der Waals surface area contributed by atoms with Gasteiger partial charge in [-0.05, 0) is 54.1 Å². The van der Waals surface area contributed by atoms with Gasteiger partial charge in [-0.25, -0.2) is 13.9 Å². The van der Waals surface area contributed by atoms with Crippen LogP contribution in [0.2, 0.25) is 0 Å². The molecule has 8 heteroatoms. The number of nitrogens with zero attached hydrogens (tertiary/aromatic N) is 2. The van der Waals surface area contributed by atoms with Gasteiger partial charge in [-0.2, -0.15) is 18.3 Å². The number of para-hydroxylation sites is 1. The highest BCUT2D eigenvalue weighted by molar-refractivity contribution is 5.96. The highest BCUT2D eigenvalue weighted by Gasteiger charge is 2.30. The molecule has 0 N–H and O–H groups in total. The SMILES string of the molecule is O=C(OCc1cccc(C(F)(F)F)c1)c1cn(-c2ccccc2)nc1-c1ccc(F)cc1. The minimum Gasteiger partial charge on any atom is -0.457 e. The standard InChI is InChI=1S/C24H16F4N2O2/c25-19-11-9-17(10-12-19)22-21(14-30(29-22)20-7-2-1-3-8-20)23(31)32-15-16-5-4-6-18(13-16)24(26,27)28/h1-14H,15H2. The van der Waals surface area contributed by atoms with E-state index in [1.165, 1.54) is 47.3 Å². The van der Waals surface area contributed by atoms with Gasteiger partial charge in [-0.15, -0.1) is 0 Å². The molecule has 3 aromatic carbocycles. The predicted molar refractivity (Wildman–Crippen MR) is 110 cm³/mol. The van der Waals surface area contributed by atoms with Crippen LogP contribution in [-0.2, 0) is 17.5 Å². The zero-order valence-corrected chi connectivity index (χ0v) is 16.5. The zero-order chi connectivity index (χ0) is 22.7. The van der Waals surface area contributed by atoms with Gasteiger partial charge in [0.2, 0.25) is 0 Å². The lowest BCUT2D eigenvalue weighted by Gasteiger charge is -2.09. The number of ether oxygens (including phenoxy) is 1. The van der Waals surface area contributed by atoms with E-state index in [2.05, 4.69) is 5.10 Å². The summed E-state index contributed by atoms with van der Waals surface area (Å²) in [5.74, 6) is -1.20. The Morgan fingerprint density at radius 1 is 0.938 bits per heavy atom. The first-order chi connectivity index (χ1) is 15.3. The van der Waals surface area contributed by atoms with Gasteiger partial charge in [0, 0.05) is 11.8 Å². The van der Waals surface area contributed by atoms with Crippen LogP contribution >= 0.6 is 0 Å². The van der Waals surface area contributed by atoms with Crippen molar-refractivity contribution in [3.05, 3.63) is 108 Å². The highest BCUT2D eigenvalue weighted by atomic mass is 19.4. The van der Waals surface area contributed by atoms with Gasteiger partial charge < -0.3 is 4.74 Å². The smallest absolute Gasteiger partial charge is 0.416 e. The van der Waals surface area contributed by atoms with Gasteiger partial charge in [0.15, 0.2) is 0 Å². The molecule has 0 aliphatic heterocycles. The first-order valence-corrected chi connectivity index (χ1v) is 9.55. The number of hydrogen-bond donors (Lipinski definition) is 0. The van der Waals surface area contributed by atoms with Crippen molar-refractivity contribution in [3.8, 4) is 16.9 Å². The van der Waals surface area contributed by atoms with E-state index in [0.717, 1.165) is 12.1 Å². The summed E-state index contributed by atoms with van der Waals surface area (Å²) < 4.78 is 58.9. The van der Waals surface area contributed by atoms with Crippen molar-refractivity contribution in [1.29, 1.82) is 0 Å². The van der Waals surface area contributed by atoms with E-state index in [0.29, 0.717) is 11.3 Å². The molecular formula is C24H16F4N2O2. The van der Waals surface area contributed by atoms with Crippen LogP contribution in [0.3, 0.4) is 0 Å². The molecule has 0 unspecified atom stereocenters. The predicted octanol–water partition coefficient (Wildman–Crippen LogP) is 6.05. The first-order valence-electron chi connectivity index (χ1n) is 9.55. The molecule has 0 saturated heterocycles. The van der Waals surface area contributed by atoms with Crippen LogP contribution in [0.1, 0.15) is 21.5 Å². The van der Waals surface area contributed by atoms with Crippen LogP contribution in [0.25, 0.3) is 16.9 Å². The van der Waals surface area contributed by atoms with Gasteiger partial charge in [-0.1, -0.05) is 30.3 Å². The van der Waals surface area contributed by atoms with E-state index in [-0.39, 0.29) is 23.4 Å². The van der Waals surface area contributed by atoms with Gasteiger partial charge in [-0.3, -0.25) is 0 Å². The van der Waals surface area contributed by atoms with Crippen LogP contribution in [-0.4, -0.2) is 15.7 Å². The first kappa shape index (κ1) is 21.3. The molecule has 1 heterocycles. The van der Waals surface area contributed by atoms with Crippen LogP contribution in [0.15, 0.2) is 85.1 Å². The summed E-state index contributed by atoms with van der Waals surface area (Å²) in [7, 11) is 0. The summed E-state index contributed by atoms with van der Waals surface area (Å²) in [5, 5.41) is 4.45. The quantitative estimate of drug-likeness (QED) is 0.280. The summed E-state index contributed by atoms with van der Waals surface area (Å²) in [6, 6.07) is 19.1. The number of esters is 1. The Bertz CT molecular complexity index is 1230. The fourth-order valence-electron chi connectivity index (χ4n) is 3.12.